The van der Waals surface area contributed by atoms with Crippen molar-refractivity contribution in [2.24, 2.45) is 0 Å². The molecule has 1 rings (SSSR count). The van der Waals surface area contributed by atoms with Crippen LogP contribution in [0, 0.1) is 0 Å². The average Bonchev–Trinajstić information content (AvgIpc) is 3.35. The molecule has 420 valence electrons. The minimum absolute atomic E-state index is 0.241. The molecule has 0 aromatic rings. The number of rotatable bonds is 51. The van der Waals surface area contributed by atoms with Crippen molar-refractivity contribution in [2.75, 3.05) is 13.2 Å². The Kier molecular flexibility index (Phi) is 44.7. The number of ether oxygens (including phenoxy) is 2. The van der Waals surface area contributed by atoms with Crippen LogP contribution in [-0.2, 0) is 28.9 Å². The molecule has 8 atom stereocenters. The summed E-state index contributed by atoms with van der Waals surface area (Å²) < 4.78 is 47.8. The molecule has 0 aliphatic carbocycles. The van der Waals surface area contributed by atoms with E-state index in [1.165, 1.54) is 205 Å². The fourth-order valence-electron chi connectivity index (χ4n) is 9.48. The number of nitrogens with one attached hydrogen (secondary N) is 1. The molecule has 1 saturated heterocycles. The summed E-state index contributed by atoms with van der Waals surface area (Å²) in [5.41, 5.74) is 0. The van der Waals surface area contributed by atoms with Gasteiger partial charge in [-0.15, -0.1) is 0 Å². The molecule has 0 radical (unpaired) electrons. The lowest BCUT2D eigenvalue weighted by Crippen LogP contribution is -2.61. The molecule has 0 aromatic carbocycles. The SMILES string of the molecule is CCCCCCCCCCCCCCCC/C=C/CC/C=C/C(O)C(COC1OC(CO)C(O)C(OS(=O)(=O)O)C1O)NC(=O)C(O)CCCCCCCCCCCCCCCCCCCCCCCC. The standard InChI is InChI=1S/C57H109NO12S/c1-3-5-7-9-11-13-15-17-19-21-23-25-26-28-30-32-34-36-38-40-42-44-46-51(61)56(64)58-49(48-68-57-54(63)55(70-71(65,66)67)53(62)52(47-59)69-57)50(60)45-43-41-39-37-35-33-31-29-27-24-22-20-18-16-14-12-10-8-6-4-2/h35,37,43,45,49-55,57,59-63H,3-34,36,38-42,44,46-48H2,1-2H3,(H,58,64)(H,65,66,67)/b37-35+,45-43+. The highest BCUT2D eigenvalue weighted by Crippen LogP contribution is 2.26. The molecule has 13 nitrogen and oxygen atoms in total. The Morgan fingerprint density at radius 2 is 0.944 bits per heavy atom. The fraction of sp³-hybridized carbons (Fsp3) is 0.912. The third kappa shape index (κ3) is 38.7. The Labute approximate surface area is 434 Å². The first-order valence-electron chi connectivity index (χ1n) is 29.3. The van der Waals surface area contributed by atoms with Gasteiger partial charge in [-0.05, 0) is 32.1 Å². The van der Waals surface area contributed by atoms with Crippen molar-refractivity contribution in [1.82, 2.24) is 5.32 Å². The Morgan fingerprint density at radius 1 is 0.563 bits per heavy atom. The van der Waals surface area contributed by atoms with Crippen molar-refractivity contribution in [3.05, 3.63) is 24.3 Å². The van der Waals surface area contributed by atoms with Gasteiger partial charge in [0.1, 0.15) is 30.5 Å². The largest absolute Gasteiger partial charge is 0.397 e. The average molecular weight is 1030 g/mol. The van der Waals surface area contributed by atoms with Crippen LogP contribution in [0.2, 0.25) is 0 Å². The first kappa shape index (κ1) is 67.6. The summed E-state index contributed by atoms with van der Waals surface area (Å²) >= 11 is 0. The molecule has 7 N–H and O–H groups in total. The van der Waals surface area contributed by atoms with E-state index in [1.54, 1.807) is 6.08 Å². The number of hydrogen-bond donors (Lipinski definition) is 7. The number of aliphatic hydroxyl groups excluding tert-OH is 5. The number of carbonyl (C=O) groups is 1. The van der Waals surface area contributed by atoms with Crippen LogP contribution in [0.4, 0.5) is 0 Å². The molecule has 1 amide bonds. The van der Waals surface area contributed by atoms with Crippen molar-refractivity contribution in [2.45, 2.75) is 320 Å². The lowest BCUT2D eigenvalue weighted by molar-refractivity contribution is -0.298. The monoisotopic (exact) mass is 1030 g/mol. The molecule has 71 heavy (non-hydrogen) atoms. The van der Waals surface area contributed by atoms with Gasteiger partial charge in [-0.3, -0.25) is 9.35 Å². The second-order valence-corrected chi connectivity index (χ2v) is 21.8. The second kappa shape index (κ2) is 47.0. The zero-order chi connectivity index (χ0) is 52.1. The molecule has 1 fully saturated rings. The van der Waals surface area contributed by atoms with E-state index < -0.39 is 78.5 Å². The van der Waals surface area contributed by atoms with Crippen LogP contribution in [-0.4, -0.2) is 107 Å². The maximum atomic E-state index is 13.2. The van der Waals surface area contributed by atoms with Crippen molar-refractivity contribution >= 4 is 16.3 Å². The second-order valence-electron chi connectivity index (χ2n) is 20.7. The smallest absolute Gasteiger partial charge is 0.394 e. The lowest BCUT2D eigenvalue weighted by Gasteiger charge is -2.41. The van der Waals surface area contributed by atoms with Crippen LogP contribution in [0.25, 0.3) is 0 Å². The molecule has 0 saturated carbocycles. The first-order valence-corrected chi connectivity index (χ1v) is 30.7. The van der Waals surface area contributed by atoms with Crippen molar-refractivity contribution < 1.29 is 57.0 Å². The first-order chi connectivity index (χ1) is 34.4. The summed E-state index contributed by atoms with van der Waals surface area (Å²) in [6.45, 7) is 3.26. The maximum Gasteiger partial charge on any atom is 0.397 e. The molecule has 14 heteroatoms. The topological polar surface area (TPSA) is 212 Å². The van der Waals surface area contributed by atoms with E-state index in [0.29, 0.717) is 12.8 Å². The van der Waals surface area contributed by atoms with Gasteiger partial charge in [0.25, 0.3) is 0 Å². The van der Waals surface area contributed by atoms with Gasteiger partial charge in [-0.25, -0.2) is 4.18 Å². The maximum absolute atomic E-state index is 13.2. The summed E-state index contributed by atoms with van der Waals surface area (Å²) in [7, 11) is -5.13. The van der Waals surface area contributed by atoms with Crippen LogP contribution >= 0.6 is 0 Å². The number of aliphatic hydroxyl groups is 5. The Morgan fingerprint density at radius 3 is 1.35 bits per heavy atom. The van der Waals surface area contributed by atoms with E-state index in [0.717, 1.165) is 38.5 Å². The molecule has 1 heterocycles. The highest BCUT2D eigenvalue weighted by atomic mass is 32.3. The van der Waals surface area contributed by atoms with Gasteiger partial charge >= 0.3 is 10.4 Å². The molecule has 8 unspecified atom stereocenters. The van der Waals surface area contributed by atoms with Crippen LogP contribution in [0.3, 0.4) is 0 Å². The zero-order valence-corrected chi connectivity index (χ0v) is 46.0. The number of amides is 1. The summed E-state index contributed by atoms with van der Waals surface area (Å²) in [4.78, 5) is 13.2. The van der Waals surface area contributed by atoms with Crippen LogP contribution in [0.15, 0.2) is 24.3 Å². The molecular formula is C57H109NO12S. The van der Waals surface area contributed by atoms with E-state index >= 15 is 0 Å². The summed E-state index contributed by atoms with van der Waals surface area (Å²) in [5, 5.41) is 55.5. The lowest BCUT2D eigenvalue weighted by atomic mass is 9.99. The molecule has 0 bridgehead atoms. The van der Waals surface area contributed by atoms with E-state index in [9.17, 15) is 43.3 Å². The van der Waals surface area contributed by atoms with Gasteiger partial charge in [0.15, 0.2) is 6.29 Å². The van der Waals surface area contributed by atoms with Gasteiger partial charge in [0.05, 0.1) is 25.4 Å². The normalized spacial score (nSPS) is 20.0. The minimum atomic E-state index is -5.13. The predicted molar refractivity (Wildman–Crippen MR) is 288 cm³/mol. The van der Waals surface area contributed by atoms with Gasteiger partial charge in [0.2, 0.25) is 5.91 Å². The van der Waals surface area contributed by atoms with Gasteiger partial charge in [-0.1, -0.05) is 263 Å². The van der Waals surface area contributed by atoms with E-state index in [4.69, 9.17) is 9.47 Å². The molecule has 1 aliphatic heterocycles. The fourth-order valence-corrected chi connectivity index (χ4v) is 9.99. The van der Waals surface area contributed by atoms with Crippen molar-refractivity contribution in [3.63, 3.8) is 0 Å². The van der Waals surface area contributed by atoms with Crippen LogP contribution in [0.5, 0.6) is 0 Å². The quantitative estimate of drug-likeness (QED) is 0.0172. The molecule has 0 spiro atoms. The third-order valence-corrected chi connectivity index (χ3v) is 14.6. The number of allylic oxidation sites excluding steroid dienone is 3. The summed E-state index contributed by atoms with van der Waals surface area (Å²) in [6, 6.07) is -1.13. The molecule has 0 aromatic heterocycles. The molecule has 1 aliphatic rings. The molecular weight excluding hydrogens is 923 g/mol. The predicted octanol–water partition coefficient (Wildman–Crippen LogP) is 12.6. The summed E-state index contributed by atoms with van der Waals surface area (Å²) in [5.74, 6) is -0.706. The Bertz CT molecular complexity index is 1370. The number of carbonyl (C=O) groups excluding carboxylic acids is 1. The van der Waals surface area contributed by atoms with Crippen LogP contribution < -0.4 is 5.32 Å². The number of unbranched alkanes of at least 4 members (excludes halogenated alkanes) is 36. The Balaban J connectivity index is 2.44. The number of hydrogen-bond acceptors (Lipinski definition) is 11. The zero-order valence-electron chi connectivity index (χ0n) is 45.2. The van der Waals surface area contributed by atoms with Crippen LogP contribution in [0.1, 0.15) is 271 Å². The Hall–Kier alpha value is -1.46. The van der Waals surface area contributed by atoms with E-state index in [-0.39, 0.29) is 6.42 Å². The highest BCUT2D eigenvalue weighted by Gasteiger charge is 2.48. The summed E-state index contributed by atoms with van der Waals surface area (Å²) in [6.07, 6.45) is 45.5. The van der Waals surface area contributed by atoms with Crippen molar-refractivity contribution in [1.29, 1.82) is 0 Å². The highest BCUT2D eigenvalue weighted by molar-refractivity contribution is 7.80. The third-order valence-electron chi connectivity index (χ3n) is 14.1. The minimum Gasteiger partial charge on any atom is -0.394 e. The van der Waals surface area contributed by atoms with Gasteiger partial charge in [-0.2, -0.15) is 8.42 Å². The van der Waals surface area contributed by atoms with Gasteiger partial charge < -0.3 is 40.3 Å². The van der Waals surface area contributed by atoms with Crippen molar-refractivity contribution in [3.8, 4) is 0 Å². The van der Waals surface area contributed by atoms with Gasteiger partial charge in [0, 0.05) is 0 Å². The van der Waals surface area contributed by atoms with E-state index in [1.807, 2.05) is 0 Å². The van der Waals surface area contributed by atoms with E-state index in [2.05, 4.69) is 35.5 Å².